The number of hydrogen-bond donors (Lipinski definition) is 1. The summed E-state index contributed by atoms with van der Waals surface area (Å²) in [4.78, 5) is 11.1. The van der Waals surface area contributed by atoms with Gasteiger partial charge in [-0.05, 0) is 12.3 Å². The minimum atomic E-state index is -0.681. The lowest BCUT2D eigenvalue weighted by Crippen LogP contribution is -2.14. The summed E-state index contributed by atoms with van der Waals surface area (Å²) in [6.45, 7) is 4.72. The van der Waals surface area contributed by atoms with Gasteiger partial charge in [-0.25, -0.2) is 0 Å². The molecule has 0 aromatic carbocycles. The molecule has 0 amide bonds. The van der Waals surface area contributed by atoms with Crippen LogP contribution >= 0.6 is 0 Å². The number of carbonyl (C=O) groups is 1. The van der Waals surface area contributed by atoms with E-state index in [1.54, 1.807) is 10.9 Å². The van der Waals surface area contributed by atoms with Crippen LogP contribution in [0.2, 0.25) is 0 Å². The summed E-state index contributed by atoms with van der Waals surface area (Å²) < 4.78 is 6.37. The molecule has 0 aliphatic rings. The molecular weight excluding hydrogens is 220 g/mol. The first kappa shape index (κ1) is 13.7. The van der Waals surface area contributed by atoms with Crippen molar-refractivity contribution in [1.82, 2.24) is 9.78 Å². The third-order valence-corrected chi connectivity index (χ3v) is 2.70. The number of aromatic nitrogens is 2. The zero-order chi connectivity index (χ0) is 12.8. The Hall–Kier alpha value is -1.36. The van der Waals surface area contributed by atoms with Gasteiger partial charge in [0.1, 0.15) is 0 Å². The highest BCUT2D eigenvalue weighted by molar-refractivity contribution is 5.69. The molecule has 2 unspecified atom stereocenters. The average molecular weight is 240 g/mol. The van der Waals surface area contributed by atoms with Gasteiger partial charge in [-0.1, -0.05) is 13.8 Å². The van der Waals surface area contributed by atoms with E-state index in [-0.39, 0.29) is 18.3 Å². The smallest absolute Gasteiger partial charge is 0.305 e. The van der Waals surface area contributed by atoms with Crippen molar-refractivity contribution in [2.24, 2.45) is 5.92 Å². The lowest BCUT2D eigenvalue weighted by atomic mass is 9.97. The molecule has 1 rings (SSSR count). The highest BCUT2D eigenvalue weighted by atomic mass is 16.5. The first-order valence-corrected chi connectivity index (χ1v) is 5.85. The molecule has 2 atom stereocenters. The van der Waals surface area contributed by atoms with Crippen LogP contribution in [0.3, 0.4) is 0 Å². The van der Waals surface area contributed by atoms with E-state index in [9.17, 15) is 9.90 Å². The van der Waals surface area contributed by atoms with E-state index >= 15 is 0 Å². The molecule has 1 aromatic heterocycles. The predicted molar refractivity (Wildman–Crippen MR) is 63.3 cm³/mol. The molecule has 0 radical (unpaired) electrons. The van der Waals surface area contributed by atoms with Crippen molar-refractivity contribution < 1.29 is 14.6 Å². The molecule has 1 aromatic rings. The van der Waals surface area contributed by atoms with E-state index in [2.05, 4.69) is 16.8 Å². The van der Waals surface area contributed by atoms with Crippen LogP contribution in [-0.4, -0.2) is 28.0 Å². The number of carbonyl (C=O) groups excluding carboxylic acids is 1. The molecule has 5 heteroatoms. The van der Waals surface area contributed by atoms with Crippen molar-refractivity contribution in [3.8, 4) is 0 Å². The van der Waals surface area contributed by atoms with Gasteiger partial charge in [-0.15, -0.1) is 0 Å². The summed E-state index contributed by atoms with van der Waals surface area (Å²) in [5.74, 6) is -0.487. The Morgan fingerprint density at radius 2 is 2.35 bits per heavy atom. The topological polar surface area (TPSA) is 64.4 Å². The predicted octanol–water partition coefficient (Wildman–Crippen LogP) is 1.53. The fourth-order valence-electron chi connectivity index (χ4n) is 1.67. The summed E-state index contributed by atoms with van der Waals surface area (Å²) in [7, 11) is 1.35. The van der Waals surface area contributed by atoms with Crippen molar-refractivity contribution in [3.05, 3.63) is 18.0 Å². The number of aliphatic hydroxyl groups excluding tert-OH is 1. The monoisotopic (exact) mass is 240 g/mol. The van der Waals surface area contributed by atoms with E-state index in [1.165, 1.54) is 7.11 Å². The molecule has 0 fully saturated rings. The summed E-state index contributed by atoms with van der Waals surface area (Å²) in [6.07, 6.45) is 3.99. The van der Waals surface area contributed by atoms with Gasteiger partial charge in [0, 0.05) is 18.3 Å². The van der Waals surface area contributed by atoms with Crippen LogP contribution in [0.1, 0.15) is 38.4 Å². The normalized spacial score (nSPS) is 14.4. The summed E-state index contributed by atoms with van der Waals surface area (Å²) in [6, 6.07) is 0. The van der Waals surface area contributed by atoms with Crippen LogP contribution in [0.15, 0.2) is 12.4 Å². The lowest BCUT2D eigenvalue weighted by molar-refractivity contribution is -0.142. The number of nitrogens with zero attached hydrogens (tertiary/aromatic N) is 2. The zero-order valence-corrected chi connectivity index (χ0v) is 10.6. The standard InChI is InChI=1S/C12H20N2O3/c1-4-5-14-8-10(7-13-14)12(16)9(2)6-11(15)17-3/h7-9,12,16H,4-6H2,1-3H3. The zero-order valence-electron chi connectivity index (χ0n) is 10.6. The first-order chi connectivity index (χ1) is 8.08. The fourth-order valence-corrected chi connectivity index (χ4v) is 1.67. The Morgan fingerprint density at radius 1 is 1.65 bits per heavy atom. The number of aliphatic hydroxyl groups is 1. The number of methoxy groups -OCH3 is 1. The van der Waals surface area contributed by atoms with Crippen molar-refractivity contribution in [2.75, 3.05) is 7.11 Å². The maximum absolute atomic E-state index is 11.1. The Labute approximate surface area is 101 Å². The fraction of sp³-hybridized carbons (Fsp3) is 0.667. The molecular formula is C12H20N2O3. The van der Waals surface area contributed by atoms with Crippen LogP contribution in [0.25, 0.3) is 0 Å². The average Bonchev–Trinajstić information content (AvgIpc) is 2.76. The number of ether oxygens (including phenoxy) is 1. The first-order valence-electron chi connectivity index (χ1n) is 5.85. The minimum absolute atomic E-state index is 0.179. The van der Waals surface area contributed by atoms with Gasteiger partial charge in [-0.3, -0.25) is 9.48 Å². The molecule has 5 nitrogen and oxygen atoms in total. The van der Waals surface area contributed by atoms with E-state index in [0.717, 1.165) is 18.5 Å². The van der Waals surface area contributed by atoms with Crippen molar-refractivity contribution in [1.29, 1.82) is 0 Å². The van der Waals surface area contributed by atoms with Crippen LogP contribution in [0, 0.1) is 5.92 Å². The molecule has 0 aliphatic carbocycles. The van der Waals surface area contributed by atoms with Gasteiger partial charge >= 0.3 is 5.97 Å². The van der Waals surface area contributed by atoms with Crippen molar-refractivity contribution >= 4 is 5.97 Å². The Morgan fingerprint density at radius 3 is 2.94 bits per heavy atom. The molecule has 0 saturated heterocycles. The van der Waals surface area contributed by atoms with Gasteiger partial charge in [0.25, 0.3) is 0 Å². The minimum Gasteiger partial charge on any atom is -0.469 e. The molecule has 0 spiro atoms. The highest BCUT2D eigenvalue weighted by Gasteiger charge is 2.21. The number of aryl methyl sites for hydroxylation is 1. The second kappa shape index (κ2) is 6.39. The number of esters is 1. The Kier molecular flexibility index (Phi) is 5.15. The van der Waals surface area contributed by atoms with E-state index < -0.39 is 6.10 Å². The number of rotatable bonds is 6. The van der Waals surface area contributed by atoms with Gasteiger partial charge in [0.05, 0.1) is 25.8 Å². The Balaban J connectivity index is 2.60. The second-order valence-electron chi connectivity index (χ2n) is 4.24. The van der Waals surface area contributed by atoms with E-state index in [4.69, 9.17) is 0 Å². The quantitative estimate of drug-likeness (QED) is 0.766. The van der Waals surface area contributed by atoms with Gasteiger partial charge in [0.2, 0.25) is 0 Å². The third kappa shape index (κ3) is 3.85. The second-order valence-corrected chi connectivity index (χ2v) is 4.24. The van der Waals surface area contributed by atoms with E-state index in [0.29, 0.717) is 0 Å². The molecule has 17 heavy (non-hydrogen) atoms. The molecule has 1 N–H and O–H groups in total. The van der Waals surface area contributed by atoms with Gasteiger partial charge < -0.3 is 9.84 Å². The van der Waals surface area contributed by atoms with Crippen LogP contribution in [0.4, 0.5) is 0 Å². The van der Waals surface area contributed by atoms with Gasteiger partial charge in [-0.2, -0.15) is 5.10 Å². The largest absolute Gasteiger partial charge is 0.469 e. The molecule has 0 bridgehead atoms. The van der Waals surface area contributed by atoms with Gasteiger partial charge in [0.15, 0.2) is 0 Å². The maximum atomic E-state index is 11.1. The van der Waals surface area contributed by atoms with Crippen molar-refractivity contribution in [2.45, 2.75) is 39.3 Å². The molecule has 0 saturated carbocycles. The third-order valence-electron chi connectivity index (χ3n) is 2.70. The summed E-state index contributed by atoms with van der Waals surface area (Å²) in [5, 5.41) is 14.2. The molecule has 96 valence electrons. The van der Waals surface area contributed by atoms with Crippen LogP contribution in [0.5, 0.6) is 0 Å². The maximum Gasteiger partial charge on any atom is 0.305 e. The summed E-state index contributed by atoms with van der Waals surface area (Å²) in [5.41, 5.74) is 0.745. The summed E-state index contributed by atoms with van der Waals surface area (Å²) >= 11 is 0. The lowest BCUT2D eigenvalue weighted by Gasteiger charge is -2.16. The van der Waals surface area contributed by atoms with Crippen LogP contribution in [-0.2, 0) is 16.1 Å². The molecule has 1 heterocycles. The van der Waals surface area contributed by atoms with E-state index in [1.807, 2.05) is 13.1 Å². The van der Waals surface area contributed by atoms with Crippen LogP contribution < -0.4 is 0 Å². The SMILES string of the molecule is CCCn1cc(C(O)C(C)CC(=O)OC)cn1. The highest BCUT2D eigenvalue weighted by Crippen LogP contribution is 2.24. The molecule has 0 aliphatic heterocycles. The van der Waals surface area contributed by atoms with Crippen molar-refractivity contribution in [3.63, 3.8) is 0 Å². The number of hydrogen-bond acceptors (Lipinski definition) is 4. The Bertz CT molecular complexity index is 362.